The van der Waals surface area contributed by atoms with Gasteiger partial charge in [0.2, 0.25) is 11.8 Å². The second-order valence-electron chi connectivity index (χ2n) is 10.3. The number of hydrogen-bond donors (Lipinski definition) is 2. The van der Waals surface area contributed by atoms with Gasteiger partial charge in [0.05, 0.1) is 18.6 Å². The Morgan fingerprint density at radius 3 is 2.54 bits per heavy atom. The van der Waals surface area contributed by atoms with Gasteiger partial charge in [0, 0.05) is 56.7 Å². The maximum Gasteiger partial charge on any atom is 0.242 e. The third-order valence-electron chi connectivity index (χ3n) is 7.56. The number of fused-ring (bicyclic) bond motifs is 1. The molecule has 0 radical (unpaired) electrons. The highest BCUT2D eigenvalue weighted by atomic mass is 79.9. The summed E-state index contributed by atoms with van der Waals surface area (Å²) < 4.78 is -0.170. The SMILES string of the molecule is Cc1ccc(SC2(C(=O)N3CC(O)C3)CC(=O)N(Cc3ccc(Br)cc3)C2c2c[nH]c3cc(Cl)ccc23)cc1. The number of amides is 2. The minimum Gasteiger partial charge on any atom is -0.389 e. The van der Waals surface area contributed by atoms with Crippen molar-refractivity contribution in [1.29, 1.82) is 0 Å². The van der Waals surface area contributed by atoms with Crippen molar-refractivity contribution in [3.8, 4) is 0 Å². The number of aromatic amines is 1. The second kappa shape index (κ2) is 10.3. The van der Waals surface area contributed by atoms with Crippen molar-refractivity contribution >= 4 is 62.0 Å². The molecule has 6 rings (SSSR count). The number of aliphatic hydroxyl groups excluding tert-OH is 1. The average molecular weight is 625 g/mol. The van der Waals surface area contributed by atoms with Crippen molar-refractivity contribution < 1.29 is 14.7 Å². The van der Waals surface area contributed by atoms with Crippen LogP contribution in [-0.4, -0.2) is 55.6 Å². The van der Waals surface area contributed by atoms with Gasteiger partial charge >= 0.3 is 0 Å². The summed E-state index contributed by atoms with van der Waals surface area (Å²) in [5.74, 6) is -0.210. The van der Waals surface area contributed by atoms with Crippen molar-refractivity contribution in [2.75, 3.05) is 13.1 Å². The number of β-amino-alcohol motifs (C(OH)–C–C–N with tert-alkyl or cyclic N) is 1. The molecule has 39 heavy (non-hydrogen) atoms. The molecule has 1 aromatic heterocycles. The fourth-order valence-corrected chi connectivity index (χ4v) is 7.49. The largest absolute Gasteiger partial charge is 0.389 e. The lowest BCUT2D eigenvalue weighted by Gasteiger charge is -2.44. The number of carbonyl (C=O) groups excluding carboxylic acids is 2. The number of carbonyl (C=O) groups is 2. The fraction of sp³-hybridized carbons (Fsp3) is 0.267. The lowest BCUT2D eigenvalue weighted by atomic mass is 9.89. The van der Waals surface area contributed by atoms with E-state index in [1.807, 2.05) is 84.8 Å². The van der Waals surface area contributed by atoms with Crippen LogP contribution in [-0.2, 0) is 16.1 Å². The number of thioether (sulfide) groups is 1. The maximum atomic E-state index is 14.4. The Labute approximate surface area is 244 Å². The fourth-order valence-electron chi connectivity index (χ4n) is 5.58. The van der Waals surface area contributed by atoms with Gasteiger partial charge in [-0.2, -0.15) is 0 Å². The zero-order valence-electron chi connectivity index (χ0n) is 21.2. The topological polar surface area (TPSA) is 76.6 Å². The third-order valence-corrected chi connectivity index (χ3v) is 9.73. The zero-order chi connectivity index (χ0) is 27.3. The Kier molecular flexibility index (Phi) is 7.00. The highest BCUT2D eigenvalue weighted by Crippen LogP contribution is 2.55. The Hall–Kier alpha value is -2.78. The Balaban J connectivity index is 1.52. The Morgan fingerprint density at radius 2 is 1.85 bits per heavy atom. The number of nitrogens with zero attached hydrogens (tertiary/aromatic N) is 2. The number of H-pyrrole nitrogens is 1. The van der Waals surface area contributed by atoms with E-state index < -0.39 is 16.9 Å². The van der Waals surface area contributed by atoms with Crippen molar-refractivity contribution in [3.05, 3.63) is 99.1 Å². The molecule has 2 saturated heterocycles. The summed E-state index contributed by atoms with van der Waals surface area (Å²) in [7, 11) is 0. The highest BCUT2D eigenvalue weighted by Gasteiger charge is 2.60. The molecule has 3 aromatic carbocycles. The lowest BCUT2D eigenvalue weighted by Crippen LogP contribution is -2.60. The molecule has 2 amide bonds. The number of hydrogen-bond acceptors (Lipinski definition) is 4. The van der Waals surface area contributed by atoms with Gasteiger partial charge in [0.1, 0.15) is 4.75 Å². The van der Waals surface area contributed by atoms with Crippen LogP contribution in [0.3, 0.4) is 0 Å². The van der Waals surface area contributed by atoms with Gasteiger partial charge in [0.15, 0.2) is 0 Å². The van der Waals surface area contributed by atoms with Crippen molar-refractivity contribution in [1.82, 2.24) is 14.8 Å². The van der Waals surface area contributed by atoms with Gasteiger partial charge in [-0.25, -0.2) is 0 Å². The summed E-state index contributed by atoms with van der Waals surface area (Å²) >= 11 is 11.2. The number of rotatable bonds is 6. The number of aryl methyl sites for hydroxylation is 1. The molecule has 0 spiro atoms. The molecule has 6 nitrogen and oxygen atoms in total. The molecule has 0 saturated carbocycles. The van der Waals surface area contributed by atoms with Crippen LogP contribution in [0.5, 0.6) is 0 Å². The van der Waals surface area contributed by atoms with Crippen molar-refractivity contribution in [2.45, 2.75) is 41.7 Å². The number of benzene rings is 3. The number of aliphatic hydroxyl groups is 1. The van der Waals surface area contributed by atoms with Crippen molar-refractivity contribution in [2.24, 2.45) is 0 Å². The summed E-state index contributed by atoms with van der Waals surface area (Å²) in [6.45, 7) is 2.93. The summed E-state index contributed by atoms with van der Waals surface area (Å²) in [5.41, 5.74) is 3.82. The van der Waals surface area contributed by atoms with Crippen LogP contribution in [0.4, 0.5) is 0 Å². The quantitative estimate of drug-likeness (QED) is 0.272. The molecule has 2 aliphatic heterocycles. The van der Waals surface area contributed by atoms with Crippen LogP contribution in [0, 0.1) is 6.92 Å². The van der Waals surface area contributed by atoms with E-state index in [0.717, 1.165) is 37.0 Å². The standard InChI is InChI=1S/C30H27BrClN3O3S/c1-18-2-9-23(10-3-18)39-30(29(38)34-16-22(36)17-34)13-27(37)35(15-19-4-6-20(31)7-5-19)28(30)25-14-33-26-12-21(32)8-11-24(25)26/h2-12,14,22,28,33,36H,13,15-17H2,1H3. The first-order valence-corrected chi connectivity index (χ1v) is 14.8. The molecule has 0 bridgehead atoms. The van der Waals surface area contributed by atoms with Gasteiger partial charge < -0.3 is 19.9 Å². The lowest BCUT2D eigenvalue weighted by molar-refractivity contribution is -0.144. The number of likely N-dealkylation sites (tertiary alicyclic amines) is 2. The molecule has 3 heterocycles. The maximum absolute atomic E-state index is 14.4. The second-order valence-corrected chi connectivity index (χ2v) is 13.1. The molecule has 9 heteroatoms. The minimum absolute atomic E-state index is 0.0540. The van der Waals surface area contributed by atoms with Crippen LogP contribution in [0.1, 0.15) is 29.2 Å². The first kappa shape index (κ1) is 26.4. The van der Waals surface area contributed by atoms with E-state index in [2.05, 4.69) is 20.9 Å². The molecule has 200 valence electrons. The monoisotopic (exact) mass is 623 g/mol. The summed E-state index contributed by atoms with van der Waals surface area (Å²) in [6.07, 6.45) is 1.42. The molecule has 0 aliphatic carbocycles. The van der Waals surface area contributed by atoms with E-state index in [-0.39, 0.29) is 31.3 Å². The molecule has 2 aliphatic rings. The van der Waals surface area contributed by atoms with E-state index in [1.165, 1.54) is 11.8 Å². The van der Waals surface area contributed by atoms with Crippen LogP contribution in [0.15, 0.2) is 82.3 Å². The first-order valence-electron chi connectivity index (χ1n) is 12.8. The molecular weight excluding hydrogens is 598 g/mol. The Morgan fingerprint density at radius 1 is 1.13 bits per heavy atom. The number of nitrogens with one attached hydrogen (secondary N) is 1. The first-order chi connectivity index (χ1) is 18.7. The molecule has 2 unspecified atom stereocenters. The van der Waals surface area contributed by atoms with E-state index in [0.29, 0.717) is 11.6 Å². The van der Waals surface area contributed by atoms with Gasteiger partial charge in [0.25, 0.3) is 0 Å². The van der Waals surface area contributed by atoms with E-state index in [1.54, 1.807) is 4.90 Å². The number of aromatic nitrogens is 1. The van der Waals surface area contributed by atoms with Gasteiger partial charge in [-0.1, -0.05) is 63.4 Å². The molecular formula is C30H27BrClN3O3S. The van der Waals surface area contributed by atoms with Gasteiger partial charge in [-0.3, -0.25) is 9.59 Å². The molecule has 2 fully saturated rings. The van der Waals surface area contributed by atoms with Gasteiger partial charge in [-0.05, 0) is 48.9 Å². The minimum atomic E-state index is -1.13. The van der Waals surface area contributed by atoms with E-state index >= 15 is 0 Å². The predicted octanol–water partition coefficient (Wildman–Crippen LogP) is 6.10. The third kappa shape index (κ3) is 4.88. The predicted molar refractivity (Wildman–Crippen MR) is 158 cm³/mol. The summed E-state index contributed by atoms with van der Waals surface area (Å²) in [5, 5.41) is 11.6. The van der Waals surface area contributed by atoms with Crippen LogP contribution in [0.2, 0.25) is 5.02 Å². The van der Waals surface area contributed by atoms with Crippen molar-refractivity contribution in [3.63, 3.8) is 0 Å². The number of halogens is 2. The van der Waals surface area contributed by atoms with Crippen LogP contribution < -0.4 is 0 Å². The molecule has 2 atom stereocenters. The van der Waals surface area contributed by atoms with E-state index in [9.17, 15) is 14.7 Å². The zero-order valence-corrected chi connectivity index (χ0v) is 24.4. The summed E-state index contributed by atoms with van der Waals surface area (Å²) in [6, 6.07) is 21.0. The smallest absolute Gasteiger partial charge is 0.242 e. The molecule has 4 aromatic rings. The molecule has 2 N–H and O–H groups in total. The normalized spacial score (nSPS) is 21.5. The average Bonchev–Trinajstić information content (AvgIpc) is 3.42. The van der Waals surface area contributed by atoms with Crippen LogP contribution >= 0.6 is 39.3 Å². The highest BCUT2D eigenvalue weighted by molar-refractivity contribution is 9.10. The summed E-state index contributed by atoms with van der Waals surface area (Å²) in [4.78, 5) is 36.1. The van der Waals surface area contributed by atoms with Crippen LogP contribution in [0.25, 0.3) is 10.9 Å². The van der Waals surface area contributed by atoms with Gasteiger partial charge in [-0.15, -0.1) is 11.8 Å². The van der Waals surface area contributed by atoms with E-state index in [4.69, 9.17) is 11.6 Å². The Bertz CT molecular complexity index is 1550.